The van der Waals surface area contributed by atoms with E-state index in [-0.39, 0.29) is 0 Å². The van der Waals surface area contributed by atoms with Crippen LogP contribution >= 0.6 is 12.2 Å². The summed E-state index contributed by atoms with van der Waals surface area (Å²) in [4.78, 5) is 3.91. The third kappa shape index (κ3) is 1.61. The monoisotopic (exact) mass is 257 g/mol. The summed E-state index contributed by atoms with van der Waals surface area (Å²) >= 11 is 5.07. The number of rotatable bonds is 1. The molecule has 0 unspecified atom stereocenters. The van der Waals surface area contributed by atoms with Gasteiger partial charge in [-0.15, -0.1) is 0 Å². The van der Waals surface area contributed by atoms with Crippen molar-refractivity contribution < 1.29 is 0 Å². The third-order valence-corrected chi connectivity index (χ3v) is 3.79. The van der Waals surface area contributed by atoms with E-state index in [1.54, 1.807) is 0 Å². The van der Waals surface area contributed by atoms with Gasteiger partial charge in [-0.1, -0.05) is 30.4 Å². The van der Waals surface area contributed by atoms with Gasteiger partial charge in [-0.2, -0.15) is 0 Å². The number of hydrogen-bond acceptors (Lipinski definition) is 2. The van der Waals surface area contributed by atoms with E-state index < -0.39 is 0 Å². The molecule has 3 nitrogen and oxygen atoms in total. The number of hydrogen-bond donors (Lipinski definition) is 3. The van der Waals surface area contributed by atoms with Crippen LogP contribution in [0.4, 0.5) is 0 Å². The summed E-state index contributed by atoms with van der Waals surface area (Å²) in [7, 11) is 0. The Morgan fingerprint density at radius 3 is 2.89 bits per heavy atom. The van der Waals surface area contributed by atoms with Crippen LogP contribution in [0.25, 0.3) is 16.6 Å². The Hall–Kier alpha value is -1.81. The maximum absolute atomic E-state index is 5.74. The standard InChI is InChI=1S/C14H15N3S/c1-8(14(15)18)12-13-10(6-7-16-12)9-4-2-3-5-11(9)17-13/h2-5,16-17H,6-7H2,1H3,(H2,15,18)/b12-8-. The molecular weight excluding hydrogens is 242 g/mol. The average Bonchev–Trinajstić information content (AvgIpc) is 2.76. The number of aromatic amines is 1. The number of thiocarbonyl (C=S) groups is 1. The number of benzene rings is 1. The van der Waals surface area contributed by atoms with E-state index in [1.165, 1.54) is 16.5 Å². The van der Waals surface area contributed by atoms with Crippen LogP contribution in [-0.4, -0.2) is 16.5 Å². The highest BCUT2D eigenvalue weighted by atomic mass is 32.1. The molecule has 2 aromatic rings. The highest BCUT2D eigenvalue weighted by Gasteiger charge is 2.20. The van der Waals surface area contributed by atoms with Gasteiger partial charge in [-0.05, 0) is 25.0 Å². The van der Waals surface area contributed by atoms with Gasteiger partial charge in [0, 0.05) is 23.0 Å². The number of nitrogens with two attached hydrogens (primary N) is 1. The Bertz CT molecular complexity index is 667. The van der Waals surface area contributed by atoms with Crippen LogP contribution in [0.1, 0.15) is 18.2 Å². The molecule has 0 fully saturated rings. The first-order valence-corrected chi connectivity index (χ1v) is 6.44. The number of para-hydroxylation sites is 1. The molecule has 0 amide bonds. The van der Waals surface area contributed by atoms with Gasteiger partial charge in [0.05, 0.1) is 11.4 Å². The first kappa shape index (κ1) is 11.3. The molecule has 0 bridgehead atoms. The molecule has 0 saturated carbocycles. The Balaban J connectivity index is 2.29. The van der Waals surface area contributed by atoms with Crippen molar-refractivity contribution in [2.45, 2.75) is 13.3 Å². The van der Waals surface area contributed by atoms with Crippen LogP contribution in [0.3, 0.4) is 0 Å². The van der Waals surface area contributed by atoms with Crippen LogP contribution in [0, 0.1) is 0 Å². The van der Waals surface area contributed by atoms with E-state index in [0.29, 0.717) is 4.99 Å². The summed E-state index contributed by atoms with van der Waals surface area (Å²) in [5, 5.41) is 4.69. The predicted octanol–water partition coefficient (Wildman–Crippen LogP) is 2.33. The Morgan fingerprint density at radius 1 is 1.33 bits per heavy atom. The maximum atomic E-state index is 5.74. The van der Waals surface area contributed by atoms with Crippen molar-refractivity contribution in [3.8, 4) is 0 Å². The van der Waals surface area contributed by atoms with Crippen molar-refractivity contribution in [2.75, 3.05) is 6.54 Å². The summed E-state index contributed by atoms with van der Waals surface area (Å²) in [6, 6.07) is 8.37. The smallest absolute Gasteiger partial charge is 0.101 e. The number of fused-ring (bicyclic) bond motifs is 3. The van der Waals surface area contributed by atoms with E-state index in [0.717, 1.165) is 29.9 Å². The van der Waals surface area contributed by atoms with Gasteiger partial charge in [0.15, 0.2) is 0 Å². The van der Waals surface area contributed by atoms with Crippen molar-refractivity contribution in [1.82, 2.24) is 10.3 Å². The molecule has 0 spiro atoms. The highest BCUT2D eigenvalue weighted by Crippen LogP contribution is 2.30. The molecule has 0 saturated heterocycles. The predicted molar refractivity (Wildman–Crippen MR) is 79.4 cm³/mol. The molecule has 1 aliphatic heterocycles. The van der Waals surface area contributed by atoms with E-state index in [4.69, 9.17) is 18.0 Å². The first-order valence-electron chi connectivity index (χ1n) is 6.03. The summed E-state index contributed by atoms with van der Waals surface area (Å²) < 4.78 is 0. The minimum Gasteiger partial charge on any atom is -0.390 e. The number of H-pyrrole nitrogens is 1. The van der Waals surface area contributed by atoms with Crippen molar-refractivity contribution in [2.24, 2.45) is 5.73 Å². The molecule has 2 heterocycles. The van der Waals surface area contributed by atoms with Gasteiger partial charge in [0.1, 0.15) is 4.99 Å². The van der Waals surface area contributed by atoms with Crippen LogP contribution in [-0.2, 0) is 6.42 Å². The lowest BCUT2D eigenvalue weighted by Crippen LogP contribution is -2.26. The van der Waals surface area contributed by atoms with Gasteiger partial charge in [-0.25, -0.2) is 0 Å². The lowest BCUT2D eigenvalue weighted by Gasteiger charge is -2.20. The average molecular weight is 257 g/mol. The SMILES string of the molecule is C/C(C(N)=S)=C1/NCCc2c1[nH]c1ccccc21. The second-order valence-electron chi connectivity index (χ2n) is 4.57. The van der Waals surface area contributed by atoms with Crippen LogP contribution in [0.5, 0.6) is 0 Å². The fourth-order valence-corrected chi connectivity index (χ4v) is 2.62. The van der Waals surface area contributed by atoms with Crippen LogP contribution in [0.15, 0.2) is 29.8 Å². The molecule has 18 heavy (non-hydrogen) atoms. The summed E-state index contributed by atoms with van der Waals surface area (Å²) in [6.45, 7) is 2.88. The van der Waals surface area contributed by atoms with E-state index >= 15 is 0 Å². The topological polar surface area (TPSA) is 53.8 Å². The summed E-state index contributed by atoms with van der Waals surface area (Å²) in [6.07, 6.45) is 1.02. The van der Waals surface area contributed by atoms with Crippen molar-refractivity contribution in [3.63, 3.8) is 0 Å². The zero-order chi connectivity index (χ0) is 12.7. The van der Waals surface area contributed by atoms with Gasteiger partial charge in [0.2, 0.25) is 0 Å². The fourth-order valence-electron chi connectivity index (χ4n) is 2.52. The number of nitrogens with one attached hydrogen (secondary N) is 2. The molecule has 0 aliphatic carbocycles. The van der Waals surface area contributed by atoms with E-state index in [9.17, 15) is 0 Å². The molecule has 1 aliphatic rings. The zero-order valence-electron chi connectivity index (χ0n) is 10.2. The van der Waals surface area contributed by atoms with Crippen molar-refractivity contribution in [3.05, 3.63) is 41.1 Å². The van der Waals surface area contributed by atoms with Crippen molar-refractivity contribution in [1.29, 1.82) is 0 Å². The summed E-state index contributed by atoms with van der Waals surface area (Å²) in [5.74, 6) is 0. The largest absolute Gasteiger partial charge is 0.390 e. The minimum atomic E-state index is 0.448. The minimum absolute atomic E-state index is 0.448. The highest BCUT2D eigenvalue weighted by molar-refractivity contribution is 7.80. The van der Waals surface area contributed by atoms with Gasteiger partial charge in [-0.3, -0.25) is 0 Å². The second kappa shape index (κ2) is 4.14. The first-order chi connectivity index (χ1) is 8.68. The third-order valence-electron chi connectivity index (χ3n) is 3.49. The molecular formula is C14H15N3S. The lowest BCUT2D eigenvalue weighted by molar-refractivity contribution is 0.811. The molecule has 1 aromatic heterocycles. The van der Waals surface area contributed by atoms with Gasteiger partial charge < -0.3 is 16.0 Å². The Labute approximate surface area is 111 Å². The fraction of sp³-hybridized carbons (Fsp3) is 0.214. The summed E-state index contributed by atoms with van der Waals surface area (Å²) in [5.41, 5.74) is 11.4. The van der Waals surface area contributed by atoms with Crippen molar-refractivity contribution >= 4 is 33.8 Å². The molecule has 0 atom stereocenters. The van der Waals surface area contributed by atoms with Crippen LogP contribution < -0.4 is 11.1 Å². The normalized spacial score (nSPS) is 17.2. The molecule has 4 N–H and O–H groups in total. The Morgan fingerprint density at radius 2 is 2.11 bits per heavy atom. The molecule has 1 aromatic carbocycles. The molecule has 0 radical (unpaired) electrons. The zero-order valence-corrected chi connectivity index (χ0v) is 11.0. The van der Waals surface area contributed by atoms with E-state index in [2.05, 4.69) is 28.5 Å². The number of aromatic nitrogens is 1. The van der Waals surface area contributed by atoms with Gasteiger partial charge in [0.25, 0.3) is 0 Å². The van der Waals surface area contributed by atoms with E-state index in [1.807, 2.05) is 13.0 Å². The second-order valence-corrected chi connectivity index (χ2v) is 5.00. The molecule has 92 valence electrons. The van der Waals surface area contributed by atoms with Gasteiger partial charge >= 0.3 is 0 Å². The Kier molecular flexibility index (Phi) is 2.59. The van der Waals surface area contributed by atoms with Crippen LogP contribution in [0.2, 0.25) is 0 Å². The quantitative estimate of drug-likeness (QED) is 0.543. The lowest BCUT2D eigenvalue weighted by atomic mass is 10.00. The molecule has 4 heteroatoms. The maximum Gasteiger partial charge on any atom is 0.101 e. The molecule has 3 rings (SSSR count).